The number of nitrogens with one attached hydrogen (secondary N) is 1. The highest BCUT2D eigenvalue weighted by Crippen LogP contribution is 2.11. The van der Waals surface area contributed by atoms with E-state index in [9.17, 15) is 0 Å². The predicted octanol–water partition coefficient (Wildman–Crippen LogP) is 2.18. The van der Waals surface area contributed by atoms with E-state index < -0.39 is 0 Å². The van der Waals surface area contributed by atoms with Gasteiger partial charge in [-0.15, -0.1) is 0 Å². The third-order valence-corrected chi connectivity index (χ3v) is 4.50. The highest BCUT2D eigenvalue weighted by atomic mass is 15.2. The van der Waals surface area contributed by atoms with Crippen LogP contribution in [0.4, 0.5) is 0 Å². The van der Waals surface area contributed by atoms with E-state index in [1.165, 1.54) is 77.9 Å². The van der Waals surface area contributed by atoms with Crippen molar-refractivity contribution in [2.45, 2.75) is 52.0 Å². The topological polar surface area (TPSA) is 18.5 Å². The molecule has 3 nitrogen and oxygen atoms in total. The van der Waals surface area contributed by atoms with E-state index in [0.717, 1.165) is 5.92 Å². The van der Waals surface area contributed by atoms with Gasteiger partial charge in [0, 0.05) is 25.7 Å². The summed E-state index contributed by atoms with van der Waals surface area (Å²) in [6, 6.07) is 0.712. The van der Waals surface area contributed by atoms with Gasteiger partial charge in [0.25, 0.3) is 0 Å². The lowest BCUT2D eigenvalue weighted by Crippen LogP contribution is -2.42. The monoisotopic (exact) mass is 267 g/mol. The first-order chi connectivity index (χ1) is 9.24. The Bertz CT molecular complexity index is 236. The lowest BCUT2D eigenvalue weighted by Gasteiger charge is -2.30. The van der Waals surface area contributed by atoms with Crippen LogP contribution in [0.15, 0.2) is 0 Å². The number of likely N-dealkylation sites (tertiary alicyclic amines) is 1. The molecule has 1 unspecified atom stereocenters. The molecule has 19 heavy (non-hydrogen) atoms. The molecular weight excluding hydrogens is 234 g/mol. The molecule has 0 radical (unpaired) electrons. The maximum absolute atomic E-state index is 3.73. The fraction of sp³-hybridized carbons (Fsp3) is 1.00. The second-order valence-electron chi connectivity index (χ2n) is 6.84. The normalized spacial score (nSPS) is 27.6. The average Bonchev–Trinajstić information content (AvgIpc) is 2.62. The Morgan fingerprint density at radius 1 is 0.947 bits per heavy atom. The summed E-state index contributed by atoms with van der Waals surface area (Å²) in [6.45, 7) is 13.7. The maximum atomic E-state index is 3.73. The van der Waals surface area contributed by atoms with Crippen molar-refractivity contribution in [3.05, 3.63) is 0 Å². The molecule has 1 atom stereocenters. The van der Waals surface area contributed by atoms with Crippen molar-refractivity contribution < 1.29 is 0 Å². The summed E-state index contributed by atoms with van der Waals surface area (Å²) in [5, 5.41) is 3.73. The van der Waals surface area contributed by atoms with Crippen LogP contribution in [0.3, 0.4) is 0 Å². The third-order valence-electron chi connectivity index (χ3n) is 4.50. The van der Waals surface area contributed by atoms with Crippen LogP contribution in [-0.2, 0) is 0 Å². The summed E-state index contributed by atoms with van der Waals surface area (Å²) in [5.74, 6) is 0.805. The molecule has 1 N–H and O–H groups in total. The fourth-order valence-electron chi connectivity index (χ4n) is 3.47. The molecule has 0 aromatic carbocycles. The fourth-order valence-corrected chi connectivity index (χ4v) is 3.47. The van der Waals surface area contributed by atoms with Crippen molar-refractivity contribution in [1.29, 1.82) is 0 Å². The van der Waals surface area contributed by atoms with E-state index in [1.807, 2.05) is 0 Å². The van der Waals surface area contributed by atoms with E-state index in [4.69, 9.17) is 0 Å². The largest absolute Gasteiger partial charge is 0.313 e. The van der Waals surface area contributed by atoms with Gasteiger partial charge in [0.15, 0.2) is 0 Å². The molecule has 2 heterocycles. The quantitative estimate of drug-likeness (QED) is 0.824. The van der Waals surface area contributed by atoms with Crippen LogP contribution in [0, 0.1) is 5.92 Å². The van der Waals surface area contributed by atoms with E-state index in [2.05, 4.69) is 29.0 Å². The van der Waals surface area contributed by atoms with Crippen LogP contribution in [0.2, 0.25) is 0 Å². The molecule has 0 bridgehead atoms. The second-order valence-corrected chi connectivity index (χ2v) is 6.84. The van der Waals surface area contributed by atoms with E-state index >= 15 is 0 Å². The average molecular weight is 267 g/mol. The van der Waals surface area contributed by atoms with Gasteiger partial charge in [0.2, 0.25) is 0 Å². The predicted molar refractivity (Wildman–Crippen MR) is 82.6 cm³/mol. The molecule has 0 amide bonds. The van der Waals surface area contributed by atoms with Gasteiger partial charge >= 0.3 is 0 Å². The number of rotatable bonds is 5. The van der Waals surface area contributed by atoms with Crippen LogP contribution in [-0.4, -0.2) is 61.7 Å². The standard InChI is InChI=1S/C16H33N3/c1-15(2)13-16-14-19(10-6-7-17-16)12-11-18-8-4-3-5-9-18/h15-17H,3-14H2,1-2H3. The van der Waals surface area contributed by atoms with E-state index in [-0.39, 0.29) is 0 Å². The van der Waals surface area contributed by atoms with Crippen LogP contribution in [0.1, 0.15) is 46.0 Å². The van der Waals surface area contributed by atoms with Gasteiger partial charge in [-0.25, -0.2) is 0 Å². The summed E-state index contributed by atoms with van der Waals surface area (Å²) in [4.78, 5) is 5.36. The first-order valence-corrected chi connectivity index (χ1v) is 8.42. The molecule has 0 spiro atoms. The van der Waals surface area contributed by atoms with Crippen molar-refractivity contribution in [3.63, 3.8) is 0 Å². The molecule has 0 saturated carbocycles. The molecule has 0 aromatic heterocycles. The number of piperidine rings is 1. The molecule has 0 aliphatic carbocycles. The Balaban J connectivity index is 1.71. The summed E-state index contributed by atoms with van der Waals surface area (Å²) < 4.78 is 0. The van der Waals surface area contributed by atoms with Gasteiger partial charge in [0.05, 0.1) is 0 Å². The van der Waals surface area contributed by atoms with Crippen molar-refractivity contribution in [1.82, 2.24) is 15.1 Å². The summed E-state index contributed by atoms with van der Waals surface area (Å²) in [6.07, 6.45) is 6.91. The zero-order valence-electron chi connectivity index (χ0n) is 13.0. The molecule has 0 aromatic rings. The molecule has 2 rings (SSSR count). The van der Waals surface area contributed by atoms with Crippen LogP contribution < -0.4 is 5.32 Å². The SMILES string of the molecule is CC(C)CC1CN(CCN2CCCCC2)CCCN1. The van der Waals surface area contributed by atoms with Crippen LogP contribution in [0.25, 0.3) is 0 Å². The Hall–Kier alpha value is -0.120. The first kappa shape index (κ1) is 15.3. The van der Waals surface area contributed by atoms with Gasteiger partial charge < -0.3 is 15.1 Å². The smallest absolute Gasteiger partial charge is 0.0197 e. The lowest BCUT2D eigenvalue weighted by atomic mass is 10.0. The van der Waals surface area contributed by atoms with Crippen molar-refractivity contribution in [3.8, 4) is 0 Å². The third kappa shape index (κ3) is 5.80. The molecule has 3 heteroatoms. The minimum absolute atomic E-state index is 0.712. The van der Waals surface area contributed by atoms with E-state index in [1.54, 1.807) is 0 Å². The van der Waals surface area contributed by atoms with Crippen molar-refractivity contribution in [2.75, 3.05) is 45.8 Å². The van der Waals surface area contributed by atoms with E-state index in [0.29, 0.717) is 6.04 Å². The highest BCUT2D eigenvalue weighted by molar-refractivity contribution is 4.78. The first-order valence-electron chi connectivity index (χ1n) is 8.42. The van der Waals surface area contributed by atoms with Gasteiger partial charge in [-0.3, -0.25) is 0 Å². The van der Waals surface area contributed by atoms with Gasteiger partial charge in [0.1, 0.15) is 0 Å². The van der Waals surface area contributed by atoms with Crippen LogP contribution in [0.5, 0.6) is 0 Å². The van der Waals surface area contributed by atoms with Crippen LogP contribution >= 0.6 is 0 Å². The van der Waals surface area contributed by atoms with Gasteiger partial charge in [-0.1, -0.05) is 20.3 Å². The Morgan fingerprint density at radius 2 is 1.63 bits per heavy atom. The Morgan fingerprint density at radius 3 is 2.37 bits per heavy atom. The number of hydrogen-bond acceptors (Lipinski definition) is 3. The maximum Gasteiger partial charge on any atom is 0.0197 e. The van der Waals surface area contributed by atoms with Gasteiger partial charge in [-0.2, -0.15) is 0 Å². The zero-order valence-corrected chi connectivity index (χ0v) is 13.0. The molecule has 2 fully saturated rings. The summed E-state index contributed by atoms with van der Waals surface area (Å²) in [7, 11) is 0. The zero-order chi connectivity index (χ0) is 13.5. The lowest BCUT2D eigenvalue weighted by molar-refractivity contribution is 0.177. The van der Waals surface area contributed by atoms with Crippen molar-refractivity contribution in [2.24, 2.45) is 5.92 Å². The summed E-state index contributed by atoms with van der Waals surface area (Å²) in [5.41, 5.74) is 0. The molecular formula is C16H33N3. The number of hydrogen-bond donors (Lipinski definition) is 1. The number of nitrogens with zero attached hydrogens (tertiary/aromatic N) is 2. The molecule has 2 saturated heterocycles. The molecule has 112 valence electrons. The molecule has 2 aliphatic heterocycles. The molecule has 2 aliphatic rings. The highest BCUT2D eigenvalue weighted by Gasteiger charge is 2.19. The Kier molecular flexibility index (Phi) is 6.62. The van der Waals surface area contributed by atoms with Gasteiger partial charge in [-0.05, 0) is 57.8 Å². The summed E-state index contributed by atoms with van der Waals surface area (Å²) >= 11 is 0. The minimum atomic E-state index is 0.712. The second kappa shape index (κ2) is 8.23. The minimum Gasteiger partial charge on any atom is -0.313 e. The van der Waals surface area contributed by atoms with Crippen molar-refractivity contribution >= 4 is 0 Å². The Labute approximate surface area is 119 Å².